The van der Waals surface area contributed by atoms with Crippen LogP contribution in [0.3, 0.4) is 0 Å². The van der Waals surface area contributed by atoms with E-state index in [-0.39, 0.29) is 10.8 Å². The third-order valence-corrected chi connectivity index (χ3v) is 8.87. The van der Waals surface area contributed by atoms with Crippen LogP contribution in [0.4, 0.5) is 0 Å². The number of hydrogen-bond acceptors (Lipinski definition) is 0. The molecule has 0 spiro atoms. The first-order valence-corrected chi connectivity index (χ1v) is 13.9. The van der Waals surface area contributed by atoms with Crippen LogP contribution < -0.4 is 0 Å². The van der Waals surface area contributed by atoms with Crippen molar-refractivity contribution in [2.45, 2.75) is 78.1 Å². The van der Waals surface area contributed by atoms with Crippen LogP contribution in [0.1, 0.15) is 86.8 Å². The lowest BCUT2D eigenvalue weighted by Crippen LogP contribution is -2.43. The summed E-state index contributed by atoms with van der Waals surface area (Å²) in [5.74, 6) is 1.16. The van der Waals surface area contributed by atoms with Gasteiger partial charge >= 0.3 is 0 Å². The van der Waals surface area contributed by atoms with E-state index >= 15 is 0 Å². The Balaban J connectivity index is 2.15. The zero-order valence-corrected chi connectivity index (χ0v) is 23.3. The fraction of sp³-hybridized carbons (Fsp3) is 0.389. The molecule has 2 bridgehead atoms. The molecular weight excluding hydrogens is 432 g/mol. The predicted molar refractivity (Wildman–Crippen MR) is 157 cm³/mol. The highest BCUT2D eigenvalue weighted by atomic mass is 14.5. The molecule has 0 aliphatic heterocycles. The second-order valence-electron chi connectivity index (χ2n) is 11.4. The fourth-order valence-corrected chi connectivity index (χ4v) is 6.46. The van der Waals surface area contributed by atoms with Crippen molar-refractivity contribution >= 4 is 0 Å². The summed E-state index contributed by atoms with van der Waals surface area (Å²) in [4.78, 5) is 0. The lowest BCUT2D eigenvalue weighted by atomic mass is 9.54. The molecule has 3 aromatic rings. The number of hydrogen-bond donors (Lipinski definition) is 0. The molecule has 0 amide bonds. The van der Waals surface area contributed by atoms with Crippen LogP contribution in [0.25, 0.3) is 0 Å². The Morgan fingerprint density at radius 1 is 0.611 bits per heavy atom. The Morgan fingerprint density at radius 3 is 1.19 bits per heavy atom. The van der Waals surface area contributed by atoms with E-state index in [0.717, 1.165) is 25.7 Å². The lowest BCUT2D eigenvalue weighted by Gasteiger charge is -2.48. The monoisotopic (exact) mass is 476 g/mol. The van der Waals surface area contributed by atoms with Crippen molar-refractivity contribution < 1.29 is 0 Å². The summed E-state index contributed by atoms with van der Waals surface area (Å²) in [6, 6.07) is 28.4. The minimum atomic E-state index is -0.221. The van der Waals surface area contributed by atoms with E-state index in [4.69, 9.17) is 0 Å². The van der Waals surface area contributed by atoms with Gasteiger partial charge in [0.25, 0.3) is 0 Å². The van der Waals surface area contributed by atoms with Crippen LogP contribution in [0.2, 0.25) is 0 Å². The van der Waals surface area contributed by atoms with Gasteiger partial charge in [-0.3, -0.25) is 0 Å². The van der Waals surface area contributed by atoms with Crippen LogP contribution in [-0.2, 0) is 10.8 Å². The summed E-state index contributed by atoms with van der Waals surface area (Å²) in [6.07, 6.45) is 8.91. The molecule has 5 rings (SSSR count). The zero-order valence-electron chi connectivity index (χ0n) is 23.3. The SMILES string of the molecule is C=CC=C1C(CC(C)CC)(c2ccc(C)cc2)c2ccc(cc2)C1(CC(C)CC)c1ccc(C)cc1. The standard InChI is InChI=1S/C36H44/c1-8-11-34-35(24-26(4)9-2,30-16-12-28(6)13-17-30)32-20-22-33(23-21-32)36(34,25-27(5)10-3)31-18-14-29(7)15-19-31/h8,11-23,26-27H,1,9-10,24-25H2,2-7H3. The average Bonchev–Trinajstić information content (AvgIpc) is 3.06. The van der Waals surface area contributed by atoms with E-state index in [1.165, 1.54) is 39.0 Å². The van der Waals surface area contributed by atoms with Gasteiger partial charge in [-0.15, -0.1) is 0 Å². The molecule has 0 saturated carbocycles. The molecule has 2 aliphatic rings. The van der Waals surface area contributed by atoms with E-state index in [9.17, 15) is 0 Å². The molecule has 4 atom stereocenters. The Kier molecular flexibility index (Phi) is 7.74. The molecule has 0 fully saturated rings. The second kappa shape index (κ2) is 10.6. The quantitative estimate of drug-likeness (QED) is 0.288. The van der Waals surface area contributed by atoms with Gasteiger partial charge in [0, 0.05) is 10.8 Å². The Hall–Kier alpha value is -2.86. The zero-order chi connectivity index (χ0) is 25.9. The highest BCUT2D eigenvalue weighted by Crippen LogP contribution is 2.59. The van der Waals surface area contributed by atoms with Gasteiger partial charge in [-0.2, -0.15) is 0 Å². The van der Waals surface area contributed by atoms with E-state index in [0.29, 0.717) is 11.8 Å². The molecule has 3 aromatic carbocycles. The van der Waals surface area contributed by atoms with Gasteiger partial charge in [0.2, 0.25) is 0 Å². The van der Waals surface area contributed by atoms with Gasteiger partial charge in [-0.25, -0.2) is 0 Å². The molecule has 4 unspecified atom stereocenters. The third kappa shape index (κ3) is 4.40. The first-order chi connectivity index (χ1) is 17.3. The topological polar surface area (TPSA) is 0 Å². The van der Waals surface area contributed by atoms with Crippen molar-refractivity contribution in [1.82, 2.24) is 0 Å². The van der Waals surface area contributed by atoms with Gasteiger partial charge in [0.15, 0.2) is 0 Å². The van der Waals surface area contributed by atoms with Crippen molar-refractivity contribution in [2.75, 3.05) is 0 Å². The molecule has 188 valence electrons. The Labute approximate surface area is 220 Å². The van der Waals surface area contributed by atoms with Crippen molar-refractivity contribution in [3.8, 4) is 0 Å². The van der Waals surface area contributed by atoms with Gasteiger partial charge < -0.3 is 0 Å². The maximum atomic E-state index is 4.27. The normalized spacial score (nSPS) is 22.7. The first-order valence-electron chi connectivity index (χ1n) is 13.9. The highest BCUT2D eigenvalue weighted by Gasteiger charge is 2.52. The van der Waals surface area contributed by atoms with Crippen LogP contribution >= 0.6 is 0 Å². The first kappa shape index (κ1) is 26.2. The summed E-state index contributed by atoms with van der Waals surface area (Å²) >= 11 is 0. The Morgan fingerprint density at radius 2 is 0.917 bits per heavy atom. The van der Waals surface area contributed by atoms with Gasteiger partial charge in [-0.1, -0.05) is 143 Å². The van der Waals surface area contributed by atoms with Crippen LogP contribution in [0, 0.1) is 25.7 Å². The summed E-state index contributed by atoms with van der Waals surface area (Å²) in [6.45, 7) is 18.1. The third-order valence-electron chi connectivity index (χ3n) is 8.87. The van der Waals surface area contributed by atoms with Crippen LogP contribution in [-0.4, -0.2) is 0 Å². The molecule has 0 nitrogen and oxygen atoms in total. The maximum absolute atomic E-state index is 4.27. The second-order valence-corrected chi connectivity index (χ2v) is 11.4. The number of allylic oxidation sites excluding steroid dienone is 3. The van der Waals surface area contributed by atoms with Crippen molar-refractivity contribution in [3.05, 3.63) is 130 Å². The van der Waals surface area contributed by atoms with Gasteiger partial charge in [0.1, 0.15) is 0 Å². The van der Waals surface area contributed by atoms with E-state index < -0.39 is 0 Å². The molecule has 0 radical (unpaired) electrons. The number of aryl methyl sites for hydroxylation is 2. The van der Waals surface area contributed by atoms with E-state index in [1.807, 2.05) is 6.08 Å². The molecule has 0 heteroatoms. The Bertz CT molecular complexity index is 1100. The smallest absolute Gasteiger partial charge is 0.0428 e. The van der Waals surface area contributed by atoms with E-state index in [2.05, 4.69) is 127 Å². The number of benzene rings is 3. The maximum Gasteiger partial charge on any atom is 0.0428 e. The molecule has 0 saturated heterocycles. The van der Waals surface area contributed by atoms with Crippen molar-refractivity contribution in [3.63, 3.8) is 0 Å². The summed E-state index contributed by atoms with van der Waals surface area (Å²) in [5.41, 5.74) is 9.26. The molecular formula is C36H44. The molecule has 36 heavy (non-hydrogen) atoms. The largest absolute Gasteiger partial charge is 0.0991 e. The minimum absolute atomic E-state index is 0.221. The molecule has 2 aliphatic carbocycles. The predicted octanol–water partition coefficient (Wildman–Crippen LogP) is 9.87. The fourth-order valence-electron chi connectivity index (χ4n) is 6.46. The van der Waals surface area contributed by atoms with Gasteiger partial charge in [-0.05, 0) is 66.4 Å². The minimum Gasteiger partial charge on any atom is -0.0991 e. The van der Waals surface area contributed by atoms with Crippen molar-refractivity contribution in [1.29, 1.82) is 0 Å². The molecule has 0 heterocycles. The molecule has 0 aromatic heterocycles. The summed E-state index contributed by atoms with van der Waals surface area (Å²) < 4.78 is 0. The average molecular weight is 477 g/mol. The number of rotatable bonds is 9. The van der Waals surface area contributed by atoms with Crippen LogP contribution in [0.5, 0.6) is 0 Å². The van der Waals surface area contributed by atoms with Crippen molar-refractivity contribution in [2.24, 2.45) is 11.8 Å². The highest BCUT2D eigenvalue weighted by molar-refractivity contribution is 5.64. The van der Waals surface area contributed by atoms with Crippen LogP contribution in [0.15, 0.2) is 97.1 Å². The number of fused-ring (bicyclic) bond motifs is 4. The summed E-state index contributed by atoms with van der Waals surface area (Å²) in [5, 5.41) is 0. The summed E-state index contributed by atoms with van der Waals surface area (Å²) in [7, 11) is 0. The molecule has 0 N–H and O–H groups in total. The lowest BCUT2D eigenvalue weighted by molar-refractivity contribution is 0.345. The van der Waals surface area contributed by atoms with E-state index in [1.54, 1.807) is 0 Å². The van der Waals surface area contributed by atoms with Gasteiger partial charge in [0.05, 0.1) is 0 Å².